The summed E-state index contributed by atoms with van der Waals surface area (Å²) in [4.78, 5) is 17.9. The van der Waals surface area contributed by atoms with Crippen molar-refractivity contribution < 1.29 is 19.7 Å². The van der Waals surface area contributed by atoms with Crippen LogP contribution in [0, 0.1) is 0 Å². The number of carbonyl (C=O) groups excluding carboxylic acids is 1. The lowest BCUT2D eigenvalue weighted by Gasteiger charge is -2.51. The van der Waals surface area contributed by atoms with Crippen LogP contribution in [0.5, 0.6) is 0 Å². The second-order valence-electron chi connectivity index (χ2n) is 7.46. The van der Waals surface area contributed by atoms with E-state index < -0.39 is 17.3 Å². The molecule has 2 aromatic rings. The van der Waals surface area contributed by atoms with Crippen LogP contribution in [-0.2, 0) is 4.74 Å². The third-order valence-corrected chi connectivity index (χ3v) is 5.80. The highest BCUT2D eigenvalue weighted by molar-refractivity contribution is 6.05. The van der Waals surface area contributed by atoms with Gasteiger partial charge in [0.05, 0.1) is 23.3 Å². The predicted octanol–water partition coefficient (Wildman–Crippen LogP) is 1.67. The topological polar surface area (TPSA) is 85.8 Å². The molecule has 25 heavy (non-hydrogen) atoms. The summed E-state index contributed by atoms with van der Waals surface area (Å²) in [7, 11) is 0. The van der Waals surface area contributed by atoms with Gasteiger partial charge in [-0.05, 0) is 31.9 Å². The van der Waals surface area contributed by atoms with E-state index >= 15 is 0 Å². The van der Waals surface area contributed by atoms with Crippen LogP contribution in [0.25, 0.3) is 10.9 Å². The number of aromatic nitrogens is 1. The molecule has 2 atom stereocenters. The van der Waals surface area contributed by atoms with Gasteiger partial charge in [-0.25, -0.2) is 0 Å². The first-order chi connectivity index (χ1) is 11.9. The third kappa shape index (κ3) is 2.65. The van der Waals surface area contributed by atoms with Crippen molar-refractivity contribution in [1.82, 2.24) is 9.88 Å². The number of benzene rings is 1. The minimum absolute atomic E-state index is 0.0139. The predicted molar refractivity (Wildman–Crippen MR) is 93.4 cm³/mol. The van der Waals surface area contributed by atoms with Crippen molar-refractivity contribution in [3.8, 4) is 0 Å². The van der Waals surface area contributed by atoms with Crippen LogP contribution in [-0.4, -0.2) is 63.0 Å². The normalized spacial score (nSPS) is 29.2. The van der Waals surface area contributed by atoms with E-state index in [1.165, 1.54) is 0 Å². The van der Waals surface area contributed by atoms with E-state index in [9.17, 15) is 15.0 Å². The number of ether oxygens (including phenoxy) is 1. The number of hydrogen-bond donors (Lipinski definition) is 3. The maximum atomic E-state index is 12.9. The molecule has 0 saturated carbocycles. The molecule has 6 heteroatoms. The first-order valence-corrected chi connectivity index (χ1v) is 8.83. The molecule has 0 unspecified atom stereocenters. The number of nitrogens with zero attached hydrogens (tertiary/aromatic N) is 1. The molecule has 1 aromatic heterocycles. The molecule has 1 spiro atoms. The quantitative estimate of drug-likeness (QED) is 0.735. The Bertz CT molecular complexity index is 790. The van der Waals surface area contributed by atoms with Crippen LogP contribution < -0.4 is 0 Å². The largest absolute Gasteiger partial charge is 0.387 e. The standard InChI is InChI=1S/C19H24N2O4/c1-18(24)8-12-25-19(17(18)23)6-10-21(11-7-19)16(22)14-4-2-3-13-5-9-20-15(13)14/h2-5,9,17,20,23-24H,6-8,10-12H2,1H3/t17-,18+/m0/s1. The number of nitrogens with one attached hydrogen (secondary N) is 1. The number of fused-ring (bicyclic) bond motifs is 1. The molecule has 3 N–H and O–H groups in total. The van der Waals surface area contributed by atoms with Crippen molar-refractivity contribution in [2.45, 2.75) is 43.5 Å². The van der Waals surface area contributed by atoms with Gasteiger partial charge in [0.1, 0.15) is 11.7 Å². The molecular weight excluding hydrogens is 320 g/mol. The molecule has 2 aliphatic rings. The summed E-state index contributed by atoms with van der Waals surface area (Å²) in [6.07, 6.45) is 2.37. The fourth-order valence-corrected chi connectivity index (χ4v) is 4.18. The highest BCUT2D eigenvalue weighted by atomic mass is 16.5. The molecule has 2 saturated heterocycles. The molecule has 1 aromatic carbocycles. The molecule has 2 aliphatic heterocycles. The molecule has 0 bridgehead atoms. The lowest BCUT2D eigenvalue weighted by atomic mass is 9.75. The smallest absolute Gasteiger partial charge is 0.255 e. The van der Waals surface area contributed by atoms with Gasteiger partial charge in [0, 0.05) is 31.1 Å². The summed E-state index contributed by atoms with van der Waals surface area (Å²) in [5.41, 5.74) is -0.378. The van der Waals surface area contributed by atoms with Crippen molar-refractivity contribution in [3.05, 3.63) is 36.0 Å². The van der Waals surface area contributed by atoms with Crippen LogP contribution >= 0.6 is 0 Å². The van der Waals surface area contributed by atoms with Gasteiger partial charge in [-0.1, -0.05) is 12.1 Å². The molecule has 0 aliphatic carbocycles. The number of aromatic amines is 1. The van der Waals surface area contributed by atoms with Crippen LogP contribution in [0.15, 0.2) is 30.5 Å². The first-order valence-electron chi connectivity index (χ1n) is 8.83. The van der Waals surface area contributed by atoms with Gasteiger partial charge in [0.15, 0.2) is 0 Å². The number of carbonyl (C=O) groups is 1. The summed E-state index contributed by atoms with van der Waals surface area (Å²) < 4.78 is 5.89. The van der Waals surface area contributed by atoms with Gasteiger partial charge in [0.25, 0.3) is 5.91 Å². The zero-order valence-corrected chi connectivity index (χ0v) is 14.4. The zero-order valence-electron chi connectivity index (χ0n) is 14.4. The summed E-state index contributed by atoms with van der Waals surface area (Å²) in [5, 5.41) is 22.0. The number of H-pyrrole nitrogens is 1. The first kappa shape index (κ1) is 16.6. The van der Waals surface area contributed by atoms with Crippen molar-refractivity contribution >= 4 is 16.8 Å². The molecule has 0 radical (unpaired) electrons. The number of aliphatic hydroxyl groups excluding tert-OH is 1. The average Bonchev–Trinajstić information content (AvgIpc) is 3.08. The van der Waals surface area contributed by atoms with Gasteiger partial charge in [-0.3, -0.25) is 4.79 Å². The summed E-state index contributed by atoms with van der Waals surface area (Å²) in [6, 6.07) is 7.65. The minimum Gasteiger partial charge on any atom is -0.387 e. The lowest BCUT2D eigenvalue weighted by Crippen LogP contribution is -2.64. The van der Waals surface area contributed by atoms with Crippen LogP contribution in [0.3, 0.4) is 0 Å². The van der Waals surface area contributed by atoms with Crippen molar-refractivity contribution in [1.29, 1.82) is 0 Å². The average molecular weight is 344 g/mol. The zero-order chi connectivity index (χ0) is 17.7. The molecule has 1 amide bonds. The van der Waals surface area contributed by atoms with E-state index in [0.717, 1.165) is 10.9 Å². The number of piperidine rings is 1. The Hall–Kier alpha value is -1.89. The molecule has 2 fully saturated rings. The highest BCUT2D eigenvalue weighted by Crippen LogP contribution is 2.40. The number of para-hydroxylation sites is 1. The Morgan fingerprint density at radius 3 is 2.80 bits per heavy atom. The van der Waals surface area contributed by atoms with Gasteiger partial charge in [-0.2, -0.15) is 0 Å². The Morgan fingerprint density at radius 2 is 2.04 bits per heavy atom. The minimum atomic E-state index is -1.14. The van der Waals surface area contributed by atoms with E-state index in [-0.39, 0.29) is 5.91 Å². The summed E-state index contributed by atoms with van der Waals surface area (Å²) in [6.45, 7) is 3.09. The van der Waals surface area contributed by atoms with Crippen molar-refractivity contribution in [2.75, 3.05) is 19.7 Å². The molecule has 6 nitrogen and oxygen atoms in total. The van der Waals surface area contributed by atoms with Crippen LogP contribution in [0.2, 0.25) is 0 Å². The third-order valence-electron chi connectivity index (χ3n) is 5.80. The Kier molecular flexibility index (Phi) is 3.86. The van der Waals surface area contributed by atoms with E-state index in [0.29, 0.717) is 44.5 Å². The van der Waals surface area contributed by atoms with E-state index in [4.69, 9.17) is 4.74 Å². The Balaban J connectivity index is 1.52. The summed E-state index contributed by atoms with van der Waals surface area (Å²) >= 11 is 0. The fourth-order valence-electron chi connectivity index (χ4n) is 4.18. The number of likely N-dealkylation sites (tertiary alicyclic amines) is 1. The SMILES string of the molecule is C[C@@]1(O)CCOC2(CCN(C(=O)c3cccc4cc[nH]c34)CC2)[C@H]1O. The van der Waals surface area contributed by atoms with Crippen LogP contribution in [0.4, 0.5) is 0 Å². The number of aliphatic hydroxyl groups is 2. The van der Waals surface area contributed by atoms with E-state index in [1.807, 2.05) is 30.5 Å². The second-order valence-corrected chi connectivity index (χ2v) is 7.46. The summed E-state index contributed by atoms with van der Waals surface area (Å²) in [5.74, 6) is -0.0139. The lowest BCUT2D eigenvalue weighted by molar-refractivity contribution is -0.244. The van der Waals surface area contributed by atoms with Gasteiger partial charge in [0.2, 0.25) is 0 Å². The molecule has 134 valence electrons. The van der Waals surface area contributed by atoms with Crippen molar-refractivity contribution in [3.63, 3.8) is 0 Å². The monoisotopic (exact) mass is 344 g/mol. The maximum Gasteiger partial charge on any atom is 0.255 e. The molecule has 3 heterocycles. The van der Waals surface area contributed by atoms with Gasteiger partial charge in [-0.15, -0.1) is 0 Å². The van der Waals surface area contributed by atoms with Crippen LogP contribution in [0.1, 0.15) is 36.5 Å². The van der Waals surface area contributed by atoms with E-state index in [1.54, 1.807) is 11.8 Å². The fraction of sp³-hybridized carbons (Fsp3) is 0.526. The number of hydrogen-bond acceptors (Lipinski definition) is 4. The van der Waals surface area contributed by atoms with Gasteiger partial charge >= 0.3 is 0 Å². The number of rotatable bonds is 1. The Morgan fingerprint density at radius 1 is 1.28 bits per heavy atom. The maximum absolute atomic E-state index is 12.9. The molecular formula is C19H24N2O4. The van der Waals surface area contributed by atoms with Gasteiger partial charge < -0.3 is 24.8 Å². The van der Waals surface area contributed by atoms with E-state index in [2.05, 4.69) is 4.98 Å². The van der Waals surface area contributed by atoms with Crippen molar-refractivity contribution in [2.24, 2.45) is 0 Å². The molecule has 4 rings (SSSR count). The second kappa shape index (κ2) is 5.83. The highest BCUT2D eigenvalue weighted by Gasteiger charge is 2.52. The number of amides is 1. The Labute approximate surface area is 146 Å².